The normalized spacial score (nSPS) is 12.9. The van der Waals surface area contributed by atoms with Gasteiger partial charge in [0, 0.05) is 0 Å². The lowest BCUT2D eigenvalue weighted by molar-refractivity contribution is -0.143. The van der Waals surface area contributed by atoms with Crippen molar-refractivity contribution < 1.29 is 19.5 Å². The number of aliphatic hydroxyl groups excluding tert-OH is 1. The highest BCUT2D eigenvalue weighted by Crippen LogP contribution is 2.00. The second-order valence-electron chi connectivity index (χ2n) is 2.42. The summed E-state index contributed by atoms with van der Waals surface area (Å²) < 4.78 is 0. The Bertz CT molecular complexity index is 271. The van der Waals surface area contributed by atoms with E-state index in [1.807, 2.05) is 0 Å². The summed E-state index contributed by atoms with van der Waals surface area (Å²) in [5, 5.41) is 8.94. The number of hydrogen-bond donors (Lipinski definition) is 3. The Morgan fingerprint density at radius 3 is 2.57 bits per heavy atom. The van der Waals surface area contributed by atoms with Gasteiger partial charge in [-0.2, -0.15) is 5.48 Å². The van der Waals surface area contributed by atoms with E-state index in [0.29, 0.717) is 0 Å². The SMILES string of the molecule is C=C/C(=C\C(C)O)C(=O)ONC(N)=O. The molecule has 2 amide bonds. The highest BCUT2D eigenvalue weighted by atomic mass is 16.7. The summed E-state index contributed by atoms with van der Waals surface area (Å²) in [6, 6.07) is -0.987. The lowest BCUT2D eigenvalue weighted by atomic mass is 10.2. The van der Waals surface area contributed by atoms with Crippen LogP contribution in [0.4, 0.5) is 4.79 Å². The number of carbonyl (C=O) groups excluding carboxylic acids is 2. The van der Waals surface area contributed by atoms with Gasteiger partial charge in [0.15, 0.2) is 0 Å². The summed E-state index contributed by atoms with van der Waals surface area (Å²) in [4.78, 5) is 25.5. The summed E-state index contributed by atoms with van der Waals surface area (Å²) in [6.45, 7) is 4.79. The number of nitrogens with one attached hydrogen (secondary N) is 1. The molecule has 0 spiro atoms. The van der Waals surface area contributed by atoms with Crippen LogP contribution in [0.2, 0.25) is 0 Å². The van der Waals surface area contributed by atoms with Gasteiger partial charge in [0.25, 0.3) is 0 Å². The highest BCUT2D eigenvalue weighted by Gasteiger charge is 2.09. The molecule has 1 unspecified atom stereocenters. The molecule has 0 fully saturated rings. The standard InChI is InChI=1S/C8H12N2O4/c1-3-6(4-5(2)11)7(12)14-10-8(9)13/h3-5,11H,1H2,2H3,(H3,9,10,13)/b6-4+. The smallest absolute Gasteiger partial charge is 0.362 e. The van der Waals surface area contributed by atoms with Gasteiger partial charge in [-0.3, -0.25) is 0 Å². The maximum Gasteiger partial charge on any atom is 0.362 e. The fourth-order valence-corrected chi connectivity index (χ4v) is 0.635. The topological polar surface area (TPSA) is 102 Å². The van der Waals surface area contributed by atoms with Crippen molar-refractivity contribution in [1.82, 2.24) is 5.48 Å². The molecule has 0 bridgehead atoms. The number of carbonyl (C=O) groups is 2. The lowest BCUT2D eigenvalue weighted by Crippen LogP contribution is -2.32. The molecule has 0 saturated carbocycles. The molecule has 0 aromatic carbocycles. The number of hydrogen-bond acceptors (Lipinski definition) is 4. The minimum absolute atomic E-state index is 0.0359. The number of urea groups is 1. The fourth-order valence-electron chi connectivity index (χ4n) is 0.635. The van der Waals surface area contributed by atoms with Crippen molar-refractivity contribution in [2.75, 3.05) is 0 Å². The Morgan fingerprint density at radius 2 is 2.21 bits per heavy atom. The zero-order valence-corrected chi connectivity index (χ0v) is 7.69. The average Bonchev–Trinajstić information content (AvgIpc) is 2.09. The predicted molar refractivity (Wildman–Crippen MR) is 48.8 cm³/mol. The third kappa shape index (κ3) is 4.94. The summed E-state index contributed by atoms with van der Waals surface area (Å²) in [6.07, 6.45) is 1.60. The quantitative estimate of drug-likeness (QED) is 0.328. The Kier molecular flexibility index (Phi) is 5.01. The third-order valence-corrected chi connectivity index (χ3v) is 1.12. The Labute approximate surface area is 81.0 Å². The minimum Gasteiger partial charge on any atom is -0.389 e. The summed E-state index contributed by atoms with van der Waals surface area (Å²) in [5.41, 5.74) is 6.35. The van der Waals surface area contributed by atoms with E-state index < -0.39 is 18.1 Å². The molecule has 6 nitrogen and oxygen atoms in total. The average molecular weight is 200 g/mol. The van der Waals surface area contributed by atoms with Crippen molar-refractivity contribution in [2.24, 2.45) is 5.73 Å². The van der Waals surface area contributed by atoms with E-state index in [4.69, 9.17) is 5.11 Å². The van der Waals surface area contributed by atoms with Gasteiger partial charge in [-0.25, -0.2) is 9.59 Å². The Balaban J connectivity index is 4.33. The van der Waals surface area contributed by atoms with Crippen molar-refractivity contribution in [3.8, 4) is 0 Å². The van der Waals surface area contributed by atoms with Gasteiger partial charge < -0.3 is 15.7 Å². The van der Waals surface area contributed by atoms with E-state index in [9.17, 15) is 9.59 Å². The van der Waals surface area contributed by atoms with Crippen LogP contribution in [0.25, 0.3) is 0 Å². The summed E-state index contributed by atoms with van der Waals surface area (Å²) in [7, 11) is 0. The zero-order chi connectivity index (χ0) is 11.1. The second-order valence-corrected chi connectivity index (χ2v) is 2.42. The van der Waals surface area contributed by atoms with Gasteiger partial charge in [0.05, 0.1) is 11.7 Å². The molecule has 6 heteroatoms. The van der Waals surface area contributed by atoms with E-state index in [1.165, 1.54) is 19.1 Å². The van der Waals surface area contributed by atoms with Crippen LogP contribution in [0.1, 0.15) is 6.92 Å². The van der Waals surface area contributed by atoms with E-state index in [0.717, 1.165) is 0 Å². The van der Waals surface area contributed by atoms with Crippen LogP contribution in [0.5, 0.6) is 0 Å². The first-order chi connectivity index (χ1) is 6.47. The summed E-state index contributed by atoms with van der Waals surface area (Å²) in [5.74, 6) is -0.847. The molecular weight excluding hydrogens is 188 g/mol. The van der Waals surface area contributed by atoms with Crippen molar-refractivity contribution in [3.63, 3.8) is 0 Å². The molecule has 0 heterocycles. The van der Waals surface area contributed by atoms with Gasteiger partial charge in [-0.05, 0) is 13.0 Å². The molecule has 0 rings (SSSR count). The maximum absolute atomic E-state index is 11.1. The Hall–Kier alpha value is -1.82. The third-order valence-electron chi connectivity index (χ3n) is 1.12. The minimum atomic E-state index is -0.987. The van der Waals surface area contributed by atoms with Gasteiger partial charge in [-0.15, -0.1) is 0 Å². The van der Waals surface area contributed by atoms with E-state index in [-0.39, 0.29) is 5.57 Å². The number of amides is 2. The van der Waals surface area contributed by atoms with Crippen LogP contribution in [0.15, 0.2) is 24.3 Å². The van der Waals surface area contributed by atoms with Gasteiger partial charge in [-0.1, -0.05) is 12.7 Å². The number of nitrogens with two attached hydrogens (primary N) is 1. The molecule has 1 atom stereocenters. The number of aliphatic hydroxyl groups is 1. The molecule has 0 aromatic heterocycles. The summed E-state index contributed by atoms with van der Waals surface area (Å²) >= 11 is 0. The van der Waals surface area contributed by atoms with Crippen molar-refractivity contribution in [3.05, 3.63) is 24.3 Å². The van der Waals surface area contributed by atoms with Gasteiger partial charge >= 0.3 is 12.0 Å². The first kappa shape index (κ1) is 12.2. The number of rotatable bonds is 3. The second kappa shape index (κ2) is 5.76. The van der Waals surface area contributed by atoms with E-state index in [1.54, 1.807) is 5.48 Å². The Morgan fingerprint density at radius 1 is 1.64 bits per heavy atom. The first-order valence-corrected chi connectivity index (χ1v) is 3.76. The molecule has 0 saturated heterocycles. The molecule has 4 N–H and O–H groups in total. The van der Waals surface area contributed by atoms with E-state index >= 15 is 0 Å². The van der Waals surface area contributed by atoms with Crippen LogP contribution >= 0.6 is 0 Å². The van der Waals surface area contributed by atoms with Crippen molar-refractivity contribution >= 4 is 12.0 Å². The first-order valence-electron chi connectivity index (χ1n) is 3.76. The van der Waals surface area contributed by atoms with Crippen molar-refractivity contribution in [2.45, 2.75) is 13.0 Å². The monoisotopic (exact) mass is 200 g/mol. The van der Waals surface area contributed by atoms with Crippen LogP contribution in [-0.4, -0.2) is 23.2 Å². The fraction of sp³-hybridized carbons (Fsp3) is 0.250. The molecule has 0 aliphatic carbocycles. The highest BCUT2D eigenvalue weighted by molar-refractivity contribution is 5.92. The predicted octanol–water partition coefficient (Wildman–Crippen LogP) is -0.394. The van der Waals surface area contributed by atoms with Gasteiger partial charge in [0.1, 0.15) is 0 Å². The molecule has 0 aliphatic heterocycles. The molecule has 78 valence electrons. The molecule has 0 aliphatic rings. The molecular formula is C8H12N2O4. The maximum atomic E-state index is 11.1. The number of primary amides is 1. The molecule has 0 radical (unpaired) electrons. The van der Waals surface area contributed by atoms with Crippen LogP contribution in [0, 0.1) is 0 Å². The van der Waals surface area contributed by atoms with Crippen molar-refractivity contribution in [1.29, 1.82) is 0 Å². The van der Waals surface area contributed by atoms with Gasteiger partial charge in [0.2, 0.25) is 0 Å². The lowest BCUT2D eigenvalue weighted by Gasteiger charge is -2.04. The van der Waals surface area contributed by atoms with Crippen LogP contribution in [0.3, 0.4) is 0 Å². The number of hydroxylamine groups is 1. The molecule has 14 heavy (non-hydrogen) atoms. The molecule has 0 aromatic rings. The van der Waals surface area contributed by atoms with Crippen LogP contribution in [-0.2, 0) is 9.63 Å². The van der Waals surface area contributed by atoms with Crippen LogP contribution < -0.4 is 11.2 Å². The zero-order valence-electron chi connectivity index (χ0n) is 7.69. The van der Waals surface area contributed by atoms with E-state index in [2.05, 4.69) is 17.2 Å². The largest absolute Gasteiger partial charge is 0.389 e.